The lowest BCUT2D eigenvalue weighted by molar-refractivity contribution is 0.174. The molecular weight excluding hydrogens is 260 g/mol. The summed E-state index contributed by atoms with van der Waals surface area (Å²) in [6.07, 6.45) is 0.780. The van der Waals surface area contributed by atoms with Gasteiger partial charge in [0.2, 0.25) is 24.6 Å². The molecule has 5 N–H and O–H groups in total. The minimum atomic E-state index is 0.100. The molecule has 8 nitrogen and oxygen atoms in total. The third-order valence-corrected chi connectivity index (χ3v) is 2.80. The molecule has 3 rings (SSSR count). The van der Waals surface area contributed by atoms with Crippen LogP contribution in [0, 0.1) is 0 Å². The molecule has 20 heavy (non-hydrogen) atoms. The average molecular weight is 274 g/mol. The molecule has 1 aromatic heterocycles. The number of hydrogen-bond donors (Lipinski definition) is 3. The predicted octanol–water partition coefficient (Wildman–Crippen LogP) is 0.419. The molecule has 0 fully saturated rings. The summed E-state index contributed by atoms with van der Waals surface area (Å²) >= 11 is 0. The minimum Gasteiger partial charge on any atom is -0.454 e. The van der Waals surface area contributed by atoms with Gasteiger partial charge in [0.1, 0.15) is 0 Å². The summed E-state index contributed by atoms with van der Waals surface area (Å²) in [5.41, 5.74) is 12.1. The maximum atomic E-state index is 5.49. The molecule has 0 radical (unpaired) electrons. The Kier molecular flexibility index (Phi) is 3.12. The van der Waals surface area contributed by atoms with Crippen molar-refractivity contribution < 1.29 is 9.47 Å². The van der Waals surface area contributed by atoms with E-state index in [0.717, 1.165) is 23.5 Å². The Bertz CT molecular complexity index is 613. The average Bonchev–Trinajstić information content (AvgIpc) is 2.85. The van der Waals surface area contributed by atoms with Crippen LogP contribution in [-0.2, 0) is 6.42 Å². The second kappa shape index (κ2) is 5.08. The van der Waals surface area contributed by atoms with Crippen LogP contribution >= 0.6 is 0 Å². The van der Waals surface area contributed by atoms with Crippen molar-refractivity contribution in [1.29, 1.82) is 0 Å². The molecule has 104 valence electrons. The Balaban J connectivity index is 1.59. The molecule has 8 heteroatoms. The van der Waals surface area contributed by atoms with Crippen LogP contribution in [0.25, 0.3) is 0 Å². The van der Waals surface area contributed by atoms with E-state index in [1.807, 2.05) is 18.2 Å². The Morgan fingerprint density at radius 2 is 1.80 bits per heavy atom. The zero-order chi connectivity index (χ0) is 13.9. The summed E-state index contributed by atoms with van der Waals surface area (Å²) in [6, 6.07) is 5.85. The summed E-state index contributed by atoms with van der Waals surface area (Å²) in [7, 11) is 0. The molecule has 0 saturated carbocycles. The van der Waals surface area contributed by atoms with E-state index in [4.69, 9.17) is 20.9 Å². The highest BCUT2D eigenvalue weighted by Gasteiger charge is 2.12. The van der Waals surface area contributed by atoms with Crippen LogP contribution in [0.5, 0.6) is 11.5 Å². The van der Waals surface area contributed by atoms with Crippen LogP contribution in [0.2, 0.25) is 0 Å². The number of hydrogen-bond acceptors (Lipinski definition) is 8. The highest BCUT2D eigenvalue weighted by Crippen LogP contribution is 2.32. The van der Waals surface area contributed by atoms with Gasteiger partial charge < -0.3 is 26.3 Å². The molecule has 0 bridgehead atoms. The second-order valence-corrected chi connectivity index (χ2v) is 4.24. The van der Waals surface area contributed by atoms with Crippen LogP contribution in [0.15, 0.2) is 18.2 Å². The Morgan fingerprint density at radius 1 is 1.05 bits per heavy atom. The van der Waals surface area contributed by atoms with Gasteiger partial charge in [0.05, 0.1) is 0 Å². The summed E-state index contributed by atoms with van der Waals surface area (Å²) in [6.45, 7) is 0.920. The zero-order valence-corrected chi connectivity index (χ0v) is 10.7. The molecule has 0 unspecified atom stereocenters. The minimum absolute atomic E-state index is 0.100. The summed E-state index contributed by atoms with van der Waals surface area (Å²) < 4.78 is 10.6. The predicted molar refractivity (Wildman–Crippen MR) is 73.4 cm³/mol. The fraction of sp³-hybridized carbons (Fsp3) is 0.250. The van der Waals surface area contributed by atoms with Crippen LogP contribution in [0.4, 0.5) is 17.8 Å². The SMILES string of the molecule is Nc1nc(N)nc(NCCc2ccc3c(c2)OCO3)n1. The van der Waals surface area contributed by atoms with Gasteiger partial charge in [-0.2, -0.15) is 15.0 Å². The number of nitrogens with two attached hydrogens (primary N) is 2. The Hall–Kier alpha value is -2.77. The number of anilines is 3. The summed E-state index contributed by atoms with van der Waals surface area (Å²) in [4.78, 5) is 11.6. The number of nitrogens with one attached hydrogen (secondary N) is 1. The van der Waals surface area contributed by atoms with Gasteiger partial charge in [-0.05, 0) is 24.1 Å². The fourth-order valence-corrected chi connectivity index (χ4v) is 1.90. The monoisotopic (exact) mass is 274 g/mol. The lowest BCUT2D eigenvalue weighted by Gasteiger charge is -2.06. The molecule has 1 aliphatic heterocycles. The van der Waals surface area contributed by atoms with Crippen LogP contribution in [0.3, 0.4) is 0 Å². The van der Waals surface area contributed by atoms with E-state index in [0.29, 0.717) is 12.5 Å². The lowest BCUT2D eigenvalue weighted by Crippen LogP contribution is -2.11. The molecule has 2 heterocycles. The van der Waals surface area contributed by atoms with Crippen molar-refractivity contribution in [3.05, 3.63) is 23.8 Å². The van der Waals surface area contributed by atoms with Crippen LogP contribution < -0.4 is 26.3 Å². The molecule has 0 saturated heterocycles. The molecule has 0 aliphatic carbocycles. The maximum Gasteiger partial charge on any atom is 0.231 e. The molecule has 2 aromatic rings. The van der Waals surface area contributed by atoms with E-state index in [2.05, 4.69) is 20.3 Å². The first-order valence-corrected chi connectivity index (χ1v) is 6.10. The number of nitrogen functional groups attached to an aromatic ring is 2. The number of nitrogens with zero attached hydrogens (tertiary/aromatic N) is 3. The maximum absolute atomic E-state index is 5.49. The number of fused-ring (bicyclic) bond motifs is 1. The summed E-state index contributed by atoms with van der Waals surface area (Å²) in [5, 5.41) is 3.05. The molecule has 1 aliphatic rings. The number of benzene rings is 1. The van der Waals surface area contributed by atoms with Crippen molar-refractivity contribution in [3.63, 3.8) is 0 Å². The second-order valence-electron chi connectivity index (χ2n) is 4.24. The third kappa shape index (κ3) is 2.63. The largest absolute Gasteiger partial charge is 0.454 e. The van der Waals surface area contributed by atoms with E-state index >= 15 is 0 Å². The lowest BCUT2D eigenvalue weighted by atomic mass is 10.1. The van der Waals surface area contributed by atoms with Gasteiger partial charge in [-0.3, -0.25) is 0 Å². The number of ether oxygens (including phenoxy) is 2. The highest BCUT2D eigenvalue weighted by molar-refractivity contribution is 5.45. The van der Waals surface area contributed by atoms with E-state index < -0.39 is 0 Å². The summed E-state index contributed by atoms with van der Waals surface area (Å²) in [5.74, 6) is 2.12. The number of rotatable bonds is 4. The fourth-order valence-electron chi connectivity index (χ4n) is 1.90. The van der Waals surface area contributed by atoms with Crippen molar-refractivity contribution in [1.82, 2.24) is 15.0 Å². The van der Waals surface area contributed by atoms with Crippen molar-refractivity contribution in [2.75, 3.05) is 30.1 Å². The molecular formula is C12H14N6O2. The molecule has 0 amide bonds. The van der Waals surface area contributed by atoms with Crippen LogP contribution in [-0.4, -0.2) is 28.3 Å². The quantitative estimate of drug-likeness (QED) is 0.733. The third-order valence-electron chi connectivity index (χ3n) is 2.80. The van der Waals surface area contributed by atoms with Gasteiger partial charge >= 0.3 is 0 Å². The van der Waals surface area contributed by atoms with Gasteiger partial charge in [-0.25, -0.2) is 0 Å². The molecule has 1 aromatic carbocycles. The van der Waals surface area contributed by atoms with Gasteiger partial charge in [0, 0.05) is 6.54 Å². The normalized spacial score (nSPS) is 12.4. The van der Waals surface area contributed by atoms with Crippen molar-refractivity contribution in [2.24, 2.45) is 0 Å². The van der Waals surface area contributed by atoms with Crippen molar-refractivity contribution >= 4 is 17.8 Å². The molecule has 0 spiro atoms. The van der Waals surface area contributed by atoms with Gasteiger partial charge in [-0.1, -0.05) is 6.07 Å². The van der Waals surface area contributed by atoms with Crippen LogP contribution in [0.1, 0.15) is 5.56 Å². The first-order chi connectivity index (χ1) is 9.70. The first-order valence-electron chi connectivity index (χ1n) is 6.10. The van der Waals surface area contributed by atoms with Gasteiger partial charge in [0.15, 0.2) is 11.5 Å². The molecule has 0 atom stereocenters. The zero-order valence-electron chi connectivity index (χ0n) is 10.7. The van der Waals surface area contributed by atoms with Crippen molar-refractivity contribution in [3.8, 4) is 11.5 Å². The first kappa shape index (κ1) is 12.3. The smallest absolute Gasteiger partial charge is 0.231 e. The topological polar surface area (TPSA) is 121 Å². The Labute approximate surface area is 115 Å². The van der Waals surface area contributed by atoms with Gasteiger partial charge in [0.25, 0.3) is 0 Å². The van der Waals surface area contributed by atoms with E-state index in [1.54, 1.807) is 0 Å². The Morgan fingerprint density at radius 3 is 2.60 bits per heavy atom. The standard InChI is InChI=1S/C12H14N6O2/c13-10-16-11(14)18-12(17-10)15-4-3-7-1-2-8-9(5-7)20-6-19-8/h1-2,5H,3-4,6H2,(H5,13,14,15,16,17,18). The van der Waals surface area contributed by atoms with E-state index in [-0.39, 0.29) is 18.7 Å². The van der Waals surface area contributed by atoms with E-state index in [1.165, 1.54) is 0 Å². The van der Waals surface area contributed by atoms with Crippen molar-refractivity contribution in [2.45, 2.75) is 6.42 Å². The van der Waals surface area contributed by atoms with E-state index in [9.17, 15) is 0 Å². The number of aromatic nitrogens is 3. The van der Waals surface area contributed by atoms with Gasteiger partial charge in [-0.15, -0.1) is 0 Å². The highest BCUT2D eigenvalue weighted by atomic mass is 16.7.